The number of nitrogens with one attached hydrogen (secondary N) is 2. The number of benzene rings is 2. The molecule has 3 aromatic rings. The zero-order chi connectivity index (χ0) is 19.8. The summed E-state index contributed by atoms with van der Waals surface area (Å²) in [6.45, 7) is 2.33. The fourth-order valence-corrected chi connectivity index (χ4v) is 2.50. The van der Waals surface area contributed by atoms with E-state index in [9.17, 15) is 9.59 Å². The highest BCUT2D eigenvalue weighted by Crippen LogP contribution is 2.24. The van der Waals surface area contributed by atoms with E-state index in [1.54, 1.807) is 54.6 Å². The molecule has 0 aliphatic heterocycles. The summed E-state index contributed by atoms with van der Waals surface area (Å²) >= 11 is 0. The Morgan fingerprint density at radius 3 is 2.46 bits per heavy atom. The first-order valence-corrected chi connectivity index (χ1v) is 8.82. The minimum atomic E-state index is -0.493. The molecule has 0 aliphatic rings. The average molecular weight is 376 g/mol. The van der Waals surface area contributed by atoms with E-state index in [1.807, 2.05) is 19.1 Å². The van der Waals surface area contributed by atoms with Crippen molar-refractivity contribution in [1.82, 2.24) is 5.32 Å². The maximum Gasteiger partial charge on any atom is 0.272 e. The van der Waals surface area contributed by atoms with Crippen molar-refractivity contribution in [3.63, 3.8) is 0 Å². The van der Waals surface area contributed by atoms with Gasteiger partial charge in [0.25, 0.3) is 11.8 Å². The van der Waals surface area contributed by atoms with Crippen LogP contribution in [0.3, 0.4) is 0 Å². The molecule has 2 N–H and O–H groups in total. The number of rotatable bonds is 7. The first-order chi connectivity index (χ1) is 13.7. The van der Waals surface area contributed by atoms with Gasteiger partial charge in [0.05, 0.1) is 18.6 Å². The Morgan fingerprint density at radius 1 is 1.00 bits per heavy atom. The van der Waals surface area contributed by atoms with Gasteiger partial charge in [-0.1, -0.05) is 30.3 Å². The third kappa shape index (κ3) is 4.88. The van der Waals surface area contributed by atoms with Crippen molar-refractivity contribution in [3.05, 3.63) is 90.0 Å². The minimum Gasteiger partial charge on any atom is -0.492 e. The second kappa shape index (κ2) is 9.23. The van der Waals surface area contributed by atoms with Crippen LogP contribution in [0.2, 0.25) is 0 Å². The van der Waals surface area contributed by atoms with Gasteiger partial charge in [0.1, 0.15) is 17.2 Å². The van der Waals surface area contributed by atoms with Crippen LogP contribution >= 0.6 is 0 Å². The molecule has 0 bridgehead atoms. The highest BCUT2D eigenvalue weighted by Gasteiger charge is 2.17. The molecule has 2 aromatic carbocycles. The van der Waals surface area contributed by atoms with Gasteiger partial charge in [0, 0.05) is 11.6 Å². The lowest BCUT2D eigenvalue weighted by Gasteiger charge is -2.13. The lowest BCUT2D eigenvalue weighted by atomic mass is 10.2. The first kappa shape index (κ1) is 19.0. The van der Waals surface area contributed by atoms with Crippen molar-refractivity contribution in [2.45, 2.75) is 6.92 Å². The van der Waals surface area contributed by atoms with Gasteiger partial charge in [0.15, 0.2) is 0 Å². The van der Waals surface area contributed by atoms with E-state index in [-0.39, 0.29) is 5.70 Å². The molecule has 0 saturated heterocycles. The van der Waals surface area contributed by atoms with Gasteiger partial charge in [-0.05, 0) is 43.3 Å². The Bertz CT molecular complexity index is 963. The van der Waals surface area contributed by atoms with E-state index in [4.69, 9.17) is 9.15 Å². The Kier molecular flexibility index (Phi) is 6.25. The van der Waals surface area contributed by atoms with Gasteiger partial charge in [-0.2, -0.15) is 0 Å². The van der Waals surface area contributed by atoms with E-state index in [1.165, 1.54) is 12.3 Å². The molecular weight excluding hydrogens is 356 g/mol. The number of furan rings is 1. The Labute approximate surface area is 162 Å². The molecule has 142 valence electrons. The molecule has 3 rings (SSSR count). The highest BCUT2D eigenvalue weighted by atomic mass is 16.5. The van der Waals surface area contributed by atoms with Crippen LogP contribution in [0.5, 0.6) is 5.75 Å². The Morgan fingerprint density at radius 2 is 1.75 bits per heavy atom. The van der Waals surface area contributed by atoms with Crippen LogP contribution in [-0.2, 0) is 4.79 Å². The van der Waals surface area contributed by atoms with Crippen molar-refractivity contribution in [2.24, 2.45) is 0 Å². The van der Waals surface area contributed by atoms with Crippen molar-refractivity contribution < 1.29 is 18.7 Å². The predicted molar refractivity (Wildman–Crippen MR) is 107 cm³/mol. The van der Waals surface area contributed by atoms with Gasteiger partial charge in [-0.15, -0.1) is 0 Å². The van der Waals surface area contributed by atoms with E-state index in [0.717, 1.165) is 0 Å². The van der Waals surface area contributed by atoms with Crippen molar-refractivity contribution in [1.29, 1.82) is 0 Å². The van der Waals surface area contributed by atoms with Crippen LogP contribution in [-0.4, -0.2) is 18.4 Å². The van der Waals surface area contributed by atoms with Crippen LogP contribution in [0.25, 0.3) is 6.08 Å². The van der Waals surface area contributed by atoms with Crippen LogP contribution < -0.4 is 15.4 Å². The largest absolute Gasteiger partial charge is 0.492 e. The summed E-state index contributed by atoms with van der Waals surface area (Å²) in [4.78, 5) is 25.4. The summed E-state index contributed by atoms with van der Waals surface area (Å²) in [5, 5.41) is 5.43. The summed E-state index contributed by atoms with van der Waals surface area (Å²) in [6, 6.07) is 19.1. The molecule has 1 aromatic heterocycles. The molecule has 28 heavy (non-hydrogen) atoms. The van der Waals surface area contributed by atoms with E-state index < -0.39 is 11.8 Å². The zero-order valence-electron chi connectivity index (χ0n) is 15.3. The third-order valence-electron chi connectivity index (χ3n) is 3.79. The maximum absolute atomic E-state index is 12.9. The van der Waals surface area contributed by atoms with Gasteiger partial charge in [-0.3, -0.25) is 9.59 Å². The SMILES string of the molecule is CCOc1ccccc1NC(=O)/C(=C/c1ccco1)NC(=O)c1ccccc1. The third-order valence-corrected chi connectivity index (χ3v) is 3.79. The maximum atomic E-state index is 12.9. The molecular formula is C22H20N2O4. The molecule has 0 radical (unpaired) electrons. The van der Waals surface area contributed by atoms with Crippen LogP contribution in [0.15, 0.2) is 83.1 Å². The molecule has 1 heterocycles. The Hall–Kier alpha value is -3.80. The van der Waals surface area contributed by atoms with Crippen molar-refractivity contribution in [3.8, 4) is 5.75 Å². The van der Waals surface area contributed by atoms with E-state index in [0.29, 0.717) is 29.4 Å². The fraction of sp³-hybridized carbons (Fsp3) is 0.0909. The number of hydrogen-bond acceptors (Lipinski definition) is 4. The lowest BCUT2D eigenvalue weighted by molar-refractivity contribution is -0.113. The smallest absolute Gasteiger partial charge is 0.272 e. The summed E-state index contributed by atoms with van der Waals surface area (Å²) < 4.78 is 10.8. The summed E-state index contributed by atoms with van der Waals surface area (Å²) in [5.41, 5.74) is 0.999. The topological polar surface area (TPSA) is 80.6 Å². The zero-order valence-corrected chi connectivity index (χ0v) is 15.3. The standard InChI is InChI=1S/C22H20N2O4/c1-2-27-20-13-7-6-12-18(20)23-22(26)19(15-17-11-8-14-28-17)24-21(25)16-9-4-3-5-10-16/h3-15H,2H2,1H3,(H,23,26)(H,24,25)/b19-15-. The van der Waals surface area contributed by atoms with Crippen LogP contribution in [0.4, 0.5) is 5.69 Å². The molecule has 6 nitrogen and oxygen atoms in total. The van der Waals surface area contributed by atoms with Crippen LogP contribution in [0.1, 0.15) is 23.0 Å². The second-order valence-corrected chi connectivity index (χ2v) is 5.78. The van der Waals surface area contributed by atoms with Crippen molar-refractivity contribution in [2.75, 3.05) is 11.9 Å². The normalized spacial score (nSPS) is 11.0. The molecule has 0 unspecified atom stereocenters. The van der Waals surface area contributed by atoms with Gasteiger partial charge in [0.2, 0.25) is 0 Å². The van der Waals surface area contributed by atoms with E-state index >= 15 is 0 Å². The first-order valence-electron chi connectivity index (χ1n) is 8.82. The van der Waals surface area contributed by atoms with Gasteiger partial charge >= 0.3 is 0 Å². The number of anilines is 1. The molecule has 6 heteroatoms. The molecule has 0 fully saturated rings. The molecule has 0 spiro atoms. The number of amides is 2. The number of carbonyl (C=O) groups excluding carboxylic acids is 2. The van der Waals surface area contributed by atoms with E-state index in [2.05, 4.69) is 10.6 Å². The average Bonchev–Trinajstić information content (AvgIpc) is 3.23. The molecule has 0 aliphatic carbocycles. The van der Waals surface area contributed by atoms with Gasteiger partial charge < -0.3 is 19.8 Å². The molecule has 0 saturated carbocycles. The monoisotopic (exact) mass is 376 g/mol. The molecule has 2 amide bonds. The predicted octanol–water partition coefficient (Wildman–Crippen LogP) is 4.09. The summed E-state index contributed by atoms with van der Waals surface area (Å²) in [7, 11) is 0. The summed E-state index contributed by atoms with van der Waals surface area (Å²) in [6.07, 6.45) is 2.96. The second-order valence-electron chi connectivity index (χ2n) is 5.78. The quantitative estimate of drug-likeness (QED) is 0.609. The fourth-order valence-electron chi connectivity index (χ4n) is 2.50. The highest BCUT2D eigenvalue weighted by molar-refractivity contribution is 6.10. The van der Waals surface area contributed by atoms with Gasteiger partial charge in [-0.25, -0.2) is 0 Å². The Balaban J connectivity index is 1.85. The number of carbonyl (C=O) groups is 2. The summed E-state index contributed by atoms with van der Waals surface area (Å²) in [5.74, 6) is 0.0983. The number of para-hydroxylation sites is 2. The van der Waals surface area contributed by atoms with Crippen molar-refractivity contribution >= 4 is 23.6 Å². The lowest BCUT2D eigenvalue weighted by Crippen LogP contribution is -2.30. The van der Waals surface area contributed by atoms with Crippen LogP contribution in [0, 0.1) is 0 Å². The molecule has 0 atom stereocenters. The number of ether oxygens (including phenoxy) is 1. The number of hydrogen-bond donors (Lipinski definition) is 2. The minimum absolute atomic E-state index is 0.0510.